The van der Waals surface area contributed by atoms with E-state index in [2.05, 4.69) is 15.9 Å². The highest BCUT2D eigenvalue weighted by Crippen LogP contribution is 2.19. The Hall–Kier alpha value is -0.880. The van der Waals surface area contributed by atoms with Gasteiger partial charge >= 0.3 is 0 Å². The fraction of sp³-hybridized carbons (Fsp3) is 0.462. The molecule has 1 rings (SSSR count). The highest BCUT2D eigenvalue weighted by molar-refractivity contribution is 9.10. The number of carbonyl (C=O) groups excluding carboxylic acids is 1. The topological polar surface area (TPSA) is 54.5 Å². The third kappa shape index (κ3) is 4.62. The first-order valence-corrected chi connectivity index (χ1v) is 8.84. The van der Waals surface area contributed by atoms with E-state index in [1.807, 2.05) is 13.0 Å². The second-order valence-electron chi connectivity index (χ2n) is 4.51. The molecule has 0 aliphatic carbocycles. The lowest BCUT2D eigenvalue weighted by molar-refractivity contribution is 0.0718. The normalized spacial score (nSPS) is 13.1. The molecule has 0 heterocycles. The minimum atomic E-state index is -3.11. The summed E-state index contributed by atoms with van der Waals surface area (Å²) >= 11 is 3.34. The first kappa shape index (κ1) is 16.2. The first-order chi connectivity index (χ1) is 8.76. The number of hydrogen-bond donors (Lipinski definition) is 0. The van der Waals surface area contributed by atoms with Gasteiger partial charge in [-0.1, -0.05) is 12.1 Å². The SMILES string of the molecule is CCN(C(=O)c1ccccc1Br)[C@@H](C)CS(C)(=O)=O. The zero-order valence-electron chi connectivity index (χ0n) is 11.3. The van der Waals surface area contributed by atoms with Crippen LogP contribution in [-0.2, 0) is 9.84 Å². The average molecular weight is 348 g/mol. The van der Waals surface area contributed by atoms with Crippen LogP contribution in [0.4, 0.5) is 0 Å². The summed E-state index contributed by atoms with van der Waals surface area (Å²) in [7, 11) is -3.11. The summed E-state index contributed by atoms with van der Waals surface area (Å²) in [6.07, 6.45) is 1.18. The summed E-state index contributed by atoms with van der Waals surface area (Å²) in [5.74, 6) is -0.192. The third-order valence-corrected chi connectivity index (χ3v) is 4.56. The Kier molecular flexibility index (Phi) is 5.55. The summed E-state index contributed by atoms with van der Waals surface area (Å²) in [4.78, 5) is 14.0. The fourth-order valence-corrected chi connectivity index (χ4v) is 3.48. The van der Waals surface area contributed by atoms with E-state index in [9.17, 15) is 13.2 Å². The van der Waals surface area contributed by atoms with Crippen molar-refractivity contribution in [1.82, 2.24) is 4.90 Å². The molecule has 0 saturated heterocycles. The van der Waals surface area contributed by atoms with Gasteiger partial charge in [-0.3, -0.25) is 4.79 Å². The number of rotatable bonds is 5. The molecule has 0 fully saturated rings. The van der Waals surface area contributed by atoms with E-state index in [4.69, 9.17) is 0 Å². The van der Waals surface area contributed by atoms with Crippen LogP contribution in [0, 0.1) is 0 Å². The van der Waals surface area contributed by atoms with Crippen molar-refractivity contribution >= 4 is 31.7 Å². The van der Waals surface area contributed by atoms with E-state index < -0.39 is 9.84 Å². The molecule has 0 aromatic heterocycles. The van der Waals surface area contributed by atoms with Crippen molar-refractivity contribution in [2.24, 2.45) is 0 Å². The van der Waals surface area contributed by atoms with E-state index in [-0.39, 0.29) is 17.7 Å². The van der Waals surface area contributed by atoms with Gasteiger partial charge in [0.1, 0.15) is 9.84 Å². The second kappa shape index (κ2) is 6.52. The highest BCUT2D eigenvalue weighted by atomic mass is 79.9. The predicted molar refractivity (Wildman–Crippen MR) is 80.0 cm³/mol. The van der Waals surface area contributed by atoms with E-state index in [1.54, 1.807) is 30.0 Å². The van der Waals surface area contributed by atoms with Crippen LogP contribution in [0.25, 0.3) is 0 Å². The quantitative estimate of drug-likeness (QED) is 0.821. The van der Waals surface area contributed by atoms with Crippen LogP contribution in [0.3, 0.4) is 0 Å². The van der Waals surface area contributed by atoms with Crippen LogP contribution in [0.2, 0.25) is 0 Å². The van der Waals surface area contributed by atoms with Crippen molar-refractivity contribution in [3.05, 3.63) is 34.3 Å². The van der Waals surface area contributed by atoms with Crippen molar-refractivity contribution in [2.45, 2.75) is 19.9 Å². The number of halogens is 1. The molecule has 0 unspecified atom stereocenters. The zero-order chi connectivity index (χ0) is 14.6. The molecule has 4 nitrogen and oxygen atoms in total. The number of nitrogens with zero attached hydrogens (tertiary/aromatic N) is 1. The van der Waals surface area contributed by atoms with Gasteiger partial charge < -0.3 is 4.90 Å². The standard InChI is InChI=1S/C13H18BrNO3S/c1-4-15(10(2)9-19(3,17)18)13(16)11-7-5-6-8-12(11)14/h5-8,10H,4,9H2,1-3H3/t10-/m0/s1. The van der Waals surface area contributed by atoms with Gasteiger partial charge in [0.2, 0.25) is 0 Å². The molecule has 0 bridgehead atoms. The lowest BCUT2D eigenvalue weighted by Crippen LogP contribution is -2.42. The molecule has 1 amide bonds. The lowest BCUT2D eigenvalue weighted by atomic mass is 10.1. The number of carbonyl (C=O) groups is 1. The molecule has 0 saturated carbocycles. The Labute approximate surface area is 122 Å². The Morgan fingerprint density at radius 3 is 2.42 bits per heavy atom. The van der Waals surface area contributed by atoms with Crippen LogP contribution in [0.15, 0.2) is 28.7 Å². The van der Waals surface area contributed by atoms with Crippen LogP contribution in [0.1, 0.15) is 24.2 Å². The fourth-order valence-electron chi connectivity index (χ4n) is 1.97. The molecule has 0 radical (unpaired) electrons. The van der Waals surface area contributed by atoms with Gasteiger partial charge in [0.25, 0.3) is 5.91 Å². The van der Waals surface area contributed by atoms with Crippen molar-refractivity contribution < 1.29 is 13.2 Å². The molecule has 0 N–H and O–H groups in total. The van der Waals surface area contributed by atoms with Gasteiger partial charge in [0.15, 0.2) is 0 Å². The Morgan fingerprint density at radius 2 is 1.95 bits per heavy atom. The lowest BCUT2D eigenvalue weighted by Gasteiger charge is -2.28. The summed E-state index contributed by atoms with van der Waals surface area (Å²) in [5.41, 5.74) is 0.546. The van der Waals surface area contributed by atoms with Crippen LogP contribution in [-0.4, -0.2) is 43.8 Å². The maximum atomic E-state index is 12.4. The molecule has 6 heteroatoms. The highest BCUT2D eigenvalue weighted by Gasteiger charge is 2.24. The summed E-state index contributed by atoms with van der Waals surface area (Å²) in [6, 6.07) is 6.79. The minimum absolute atomic E-state index is 0.0307. The molecule has 0 aliphatic heterocycles. The number of amides is 1. The Bertz CT molecular complexity index is 557. The molecular formula is C13H18BrNO3S. The maximum absolute atomic E-state index is 12.4. The maximum Gasteiger partial charge on any atom is 0.255 e. The van der Waals surface area contributed by atoms with Gasteiger partial charge in [-0.2, -0.15) is 0 Å². The van der Waals surface area contributed by atoms with E-state index in [1.165, 1.54) is 6.26 Å². The van der Waals surface area contributed by atoms with Gasteiger partial charge in [-0.05, 0) is 41.9 Å². The Balaban J connectivity index is 2.98. The average Bonchev–Trinajstić information content (AvgIpc) is 2.27. The molecule has 1 aromatic carbocycles. The molecule has 19 heavy (non-hydrogen) atoms. The summed E-state index contributed by atoms with van der Waals surface area (Å²) < 4.78 is 23.4. The molecular weight excluding hydrogens is 330 g/mol. The van der Waals surface area contributed by atoms with Gasteiger partial charge in [-0.15, -0.1) is 0 Å². The second-order valence-corrected chi connectivity index (χ2v) is 7.55. The van der Waals surface area contributed by atoms with E-state index in [0.29, 0.717) is 16.6 Å². The number of sulfone groups is 1. The molecule has 1 aromatic rings. The molecule has 1 atom stereocenters. The van der Waals surface area contributed by atoms with Crippen molar-refractivity contribution in [1.29, 1.82) is 0 Å². The van der Waals surface area contributed by atoms with Crippen molar-refractivity contribution in [2.75, 3.05) is 18.6 Å². The van der Waals surface area contributed by atoms with Crippen LogP contribution < -0.4 is 0 Å². The van der Waals surface area contributed by atoms with Gasteiger partial charge in [-0.25, -0.2) is 8.42 Å². The van der Waals surface area contributed by atoms with E-state index in [0.717, 1.165) is 0 Å². The monoisotopic (exact) mass is 347 g/mol. The largest absolute Gasteiger partial charge is 0.335 e. The van der Waals surface area contributed by atoms with Crippen molar-refractivity contribution in [3.63, 3.8) is 0 Å². The predicted octanol–water partition coefficient (Wildman–Crippen LogP) is 2.34. The van der Waals surface area contributed by atoms with Crippen LogP contribution in [0.5, 0.6) is 0 Å². The van der Waals surface area contributed by atoms with Gasteiger partial charge in [0, 0.05) is 23.3 Å². The summed E-state index contributed by atoms with van der Waals surface area (Å²) in [5, 5.41) is 0. The Morgan fingerprint density at radius 1 is 1.37 bits per heavy atom. The van der Waals surface area contributed by atoms with Crippen molar-refractivity contribution in [3.8, 4) is 0 Å². The number of hydrogen-bond acceptors (Lipinski definition) is 3. The molecule has 106 valence electrons. The van der Waals surface area contributed by atoms with Crippen LogP contribution >= 0.6 is 15.9 Å². The third-order valence-electron chi connectivity index (χ3n) is 2.78. The summed E-state index contributed by atoms with van der Waals surface area (Å²) in [6.45, 7) is 4.06. The molecule has 0 spiro atoms. The number of benzene rings is 1. The van der Waals surface area contributed by atoms with E-state index >= 15 is 0 Å². The smallest absolute Gasteiger partial charge is 0.255 e. The zero-order valence-corrected chi connectivity index (χ0v) is 13.7. The first-order valence-electron chi connectivity index (χ1n) is 5.99. The minimum Gasteiger partial charge on any atom is -0.335 e. The molecule has 0 aliphatic rings. The van der Waals surface area contributed by atoms with Gasteiger partial charge in [0.05, 0.1) is 11.3 Å².